The first kappa shape index (κ1) is 22.2. The minimum absolute atomic E-state index is 0.408. The molecule has 1 aliphatic rings. The van der Waals surface area contributed by atoms with Crippen LogP contribution in [0.4, 0.5) is 24.5 Å². The van der Waals surface area contributed by atoms with Gasteiger partial charge in [-0.3, -0.25) is 9.97 Å². The van der Waals surface area contributed by atoms with Crippen LogP contribution in [0, 0.1) is 0 Å². The van der Waals surface area contributed by atoms with Gasteiger partial charge in [-0.2, -0.15) is 13.2 Å². The summed E-state index contributed by atoms with van der Waals surface area (Å²) in [5, 5.41) is 0. The molecular formula is C26H20F3N4P. The van der Waals surface area contributed by atoms with Crippen LogP contribution in [0.2, 0.25) is 0 Å². The molecule has 8 heteroatoms. The Labute approximate surface area is 197 Å². The standard InChI is InChI=1S/C26H20F3N4P/c1-15(2)22-10-6-17-14-30-21-9-8-20(16-7-11-23(34)31-13-16)32-24(21)25(17)33(22)19-5-3-4-18(12-19)26(27,28)29/h3-14H,34H2,1-2H3. The monoisotopic (exact) mass is 476 g/mol. The van der Waals surface area contributed by atoms with Crippen molar-refractivity contribution >= 4 is 43.2 Å². The predicted molar refractivity (Wildman–Crippen MR) is 133 cm³/mol. The number of aromatic nitrogens is 3. The molecule has 34 heavy (non-hydrogen) atoms. The van der Waals surface area contributed by atoms with E-state index in [2.05, 4.69) is 19.2 Å². The van der Waals surface area contributed by atoms with Crippen molar-refractivity contribution < 1.29 is 13.2 Å². The van der Waals surface area contributed by atoms with Crippen molar-refractivity contribution in [2.45, 2.75) is 20.0 Å². The van der Waals surface area contributed by atoms with Crippen LogP contribution < -0.4 is 10.3 Å². The Balaban J connectivity index is 1.78. The van der Waals surface area contributed by atoms with Gasteiger partial charge in [0, 0.05) is 34.9 Å². The van der Waals surface area contributed by atoms with E-state index in [1.807, 2.05) is 55.2 Å². The molecule has 5 rings (SSSR count). The number of allylic oxidation sites excluding steroid dienone is 2. The summed E-state index contributed by atoms with van der Waals surface area (Å²) < 4.78 is 40.6. The van der Waals surface area contributed by atoms with E-state index in [1.54, 1.807) is 18.5 Å². The molecule has 0 radical (unpaired) electrons. The molecule has 0 aliphatic carbocycles. The van der Waals surface area contributed by atoms with Crippen LogP contribution >= 0.6 is 9.24 Å². The van der Waals surface area contributed by atoms with Gasteiger partial charge < -0.3 is 4.90 Å². The first-order valence-corrected chi connectivity index (χ1v) is 11.1. The summed E-state index contributed by atoms with van der Waals surface area (Å²) in [6.45, 7) is 3.87. The van der Waals surface area contributed by atoms with E-state index in [0.29, 0.717) is 28.1 Å². The maximum absolute atomic E-state index is 13.5. The molecule has 1 aliphatic heterocycles. The Bertz CT molecular complexity index is 1470. The van der Waals surface area contributed by atoms with Gasteiger partial charge in [-0.05, 0) is 68.5 Å². The Hall–Kier alpha value is -3.57. The maximum Gasteiger partial charge on any atom is 0.416 e. The fourth-order valence-corrected chi connectivity index (χ4v) is 4.16. The molecule has 4 aromatic rings. The molecule has 1 aromatic carbocycles. The quantitative estimate of drug-likeness (QED) is 0.303. The number of nitrogens with zero attached hydrogens (tertiary/aromatic N) is 4. The van der Waals surface area contributed by atoms with Crippen molar-refractivity contribution in [2.24, 2.45) is 0 Å². The maximum atomic E-state index is 13.5. The number of rotatable bonds is 2. The van der Waals surface area contributed by atoms with Crippen molar-refractivity contribution in [2.75, 3.05) is 4.90 Å². The summed E-state index contributed by atoms with van der Waals surface area (Å²) in [5.41, 5.74) is 6.54. The second-order valence-electron chi connectivity index (χ2n) is 8.20. The molecule has 4 nitrogen and oxygen atoms in total. The van der Waals surface area contributed by atoms with Gasteiger partial charge in [-0.15, -0.1) is 0 Å². The van der Waals surface area contributed by atoms with Crippen LogP contribution in [0.15, 0.2) is 78.3 Å². The predicted octanol–water partition coefficient (Wildman–Crippen LogP) is 6.67. The van der Waals surface area contributed by atoms with Crippen molar-refractivity contribution in [3.05, 3.63) is 89.4 Å². The first-order chi connectivity index (χ1) is 16.2. The third-order valence-electron chi connectivity index (χ3n) is 5.63. The molecule has 0 spiro atoms. The fraction of sp³-hybridized carbons (Fsp3) is 0.115. The summed E-state index contributed by atoms with van der Waals surface area (Å²) in [6.07, 6.45) is 2.84. The lowest BCUT2D eigenvalue weighted by Gasteiger charge is -2.32. The number of hydrogen-bond acceptors (Lipinski definition) is 4. The molecule has 0 bridgehead atoms. The van der Waals surface area contributed by atoms with E-state index in [9.17, 15) is 13.2 Å². The number of fused-ring (bicyclic) bond motifs is 3. The van der Waals surface area contributed by atoms with Crippen LogP contribution in [0.1, 0.15) is 25.0 Å². The van der Waals surface area contributed by atoms with E-state index in [1.165, 1.54) is 12.1 Å². The zero-order valence-corrected chi connectivity index (χ0v) is 19.6. The smallest absolute Gasteiger partial charge is 0.308 e. The topological polar surface area (TPSA) is 41.9 Å². The van der Waals surface area contributed by atoms with Gasteiger partial charge >= 0.3 is 6.18 Å². The second-order valence-corrected chi connectivity index (χ2v) is 8.79. The second kappa shape index (κ2) is 8.33. The van der Waals surface area contributed by atoms with Gasteiger partial charge in [0.2, 0.25) is 0 Å². The van der Waals surface area contributed by atoms with Crippen LogP contribution in [0.25, 0.3) is 28.4 Å². The van der Waals surface area contributed by atoms with Gasteiger partial charge in [0.05, 0.1) is 27.9 Å². The van der Waals surface area contributed by atoms with Crippen molar-refractivity contribution in [3.63, 3.8) is 0 Å². The number of halogens is 3. The summed E-state index contributed by atoms with van der Waals surface area (Å²) in [7, 11) is 2.55. The number of pyridine rings is 3. The lowest BCUT2D eigenvalue weighted by Crippen LogP contribution is -2.21. The van der Waals surface area contributed by atoms with Gasteiger partial charge in [0.1, 0.15) is 5.52 Å². The molecule has 0 saturated heterocycles. The molecule has 1 atom stereocenters. The molecule has 0 amide bonds. The molecule has 0 N–H and O–H groups in total. The van der Waals surface area contributed by atoms with Gasteiger partial charge in [0.25, 0.3) is 0 Å². The average molecular weight is 476 g/mol. The van der Waals surface area contributed by atoms with E-state index in [-0.39, 0.29) is 0 Å². The lowest BCUT2D eigenvalue weighted by atomic mass is 10.0. The minimum Gasteiger partial charge on any atom is -0.308 e. The van der Waals surface area contributed by atoms with E-state index < -0.39 is 11.7 Å². The molecule has 1 unspecified atom stereocenters. The highest BCUT2D eigenvalue weighted by atomic mass is 31.0. The Kier molecular flexibility index (Phi) is 5.45. The number of hydrogen-bond donors (Lipinski definition) is 0. The van der Waals surface area contributed by atoms with Crippen LogP contribution in [0.3, 0.4) is 0 Å². The zero-order valence-electron chi connectivity index (χ0n) is 18.4. The zero-order chi connectivity index (χ0) is 24.0. The largest absolute Gasteiger partial charge is 0.416 e. The third kappa shape index (κ3) is 3.97. The van der Waals surface area contributed by atoms with Gasteiger partial charge in [-0.1, -0.05) is 20.9 Å². The molecule has 0 saturated carbocycles. The van der Waals surface area contributed by atoms with Crippen molar-refractivity contribution in [1.29, 1.82) is 0 Å². The van der Waals surface area contributed by atoms with Crippen molar-refractivity contribution in [1.82, 2.24) is 15.0 Å². The molecule has 3 aromatic heterocycles. The van der Waals surface area contributed by atoms with Gasteiger partial charge in [-0.25, -0.2) is 4.98 Å². The van der Waals surface area contributed by atoms with Gasteiger partial charge in [0.15, 0.2) is 0 Å². The summed E-state index contributed by atoms with van der Waals surface area (Å²) in [6, 6.07) is 12.9. The molecule has 0 fully saturated rings. The number of alkyl halides is 3. The highest BCUT2D eigenvalue weighted by molar-refractivity contribution is 7.26. The van der Waals surface area contributed by atoms with Crippen LogP contribution in [-0.4, -0.2) is 15.0 Å². The molecule has 4 heterocycles. The van der Waals surface area contributed by atoms with Crippen LogP contribution in [-0.2, 0) is 6.18 Å². The first-order valence-electron chi connectivity index (χ1n) is 10.6. The fourth-order valence-electron chi connectivity index (χ4n) is 3.99. The van der Waals surface area contributed by atoms with Crippen molar-refractivity contribution in [3.8, 4) is 11.3 Å². The Morgan fingerprint density at radius 1 is 0.941 bits per heavy atom. The summed E-state index contributed by atoms with van der Waals surface area (Å²) in [5.74, 6) is 0. The molecule has 170 valence electrons. The number of benzene rings is 1. The SMILES string of the molecule is CC(C)=C1C=Cc2cnc3ccc(-c4ccc(P)nc4)nc3c2N1c1cccc(C(F)(F)F)c1. The van der Waals surface area contributed by atoms with E-state index in [4.69, 9.17) is 4.98 Å². The number of anilines is 2. The lowest BCUT2D eigenvalue weighted by molar-refractivity contribution is -0.137. The van der Waals surface area contributed by atoms with E-state index >= 15 is 0 Å². The normalized spacial score (nSPS) is 13.4. The third-order valence-corrected chi connectivity index (χ3v) is 5.97. The summed E-state index contributed by atoms with van der Waals surface area (Å²) in [4.78, 5) is 15.6. The molecular weight excluding hydrogens is 456 g/mol. The average Bonchev–Trinajstić information content (AvgIpc) is 2.82. The Morgan fingerprint density at radius 3 is 2.47 bits per heavy atom. The minimum atomic E-state index is -4.45. The van der Waals surface area contributed by atoms with Crippen LogP contribution in [0.5, 0.6) is 0 Å². The highest BCUT2D eigenvalue weighted by Crippen LogP contribution is 2.43. The highest BCUT2D eigenvalue weighted by Gasteiger charge is 2.32. The Morgan fingerprint density at radius 2 is 1.76 bits per heavy atom. The summed E-state index contributed by atoms with van der Waals surface area (Å²) >= 11 is 0. The van der Waals surface area contributed by atoms with E-state index in [0.717, 1.165) is 33.9 Å².